The van der Waals surface area contributed by atoms with Gasteiger partial charge in [0.05, 0.1) is 11.3 Å². The van der Waals surface area contributed by atoms with E-state index in [-0.39, 0.29) is 17.1 Å². The van der Waals surface area contributed by atoms with Crippen molar-refractivity contribution in [3.63, 3.8) is 0 Å². The summed E-state index contributed by atoms with van der Waals surface area (Å²) in [6.07, 6.45) is 0. The second kappa shape index (κ2) is 5.88. The fraction of sp³-hybridized carbons (Fsp3) is 0.833. The van der Waals surface area contributed by atoms with E-state index in [4.69, 9.17) is 4.55 Å². The standard InChI is InChI=1S/C6H13NO2S2/c1-4(10)6(8)5(7-2)3-11-9/h4-5,7,9-10H,3H2,1-2H3. The van der Waals surface area contributed by atoms with Gasteiger partial charge in [-0.1, -0.05) is 0 Å². The average molecular weight is 195 g/mol. The second-order valence-electron chi connectivity index (χ2n) is 2.22. The number of carbonyl (C=O) groups is 1. The Bertz CT molecular complexity index is 130. The van der Waals surface area contributed by atoms with Crippen molar-refractivity contribution in [2.75, 3.05) is 12.8 Å². The van der Waals surface area contributed by atoms with Gasteiger partial charge in [0, 0.05) is 5.75 Å². The maximum Gasteiger partial charge on any atom is 0.163 e. The van der Waals surface area contributed by atoms with Crippen LogP contribution in [0.4, 0.5) is 0 Å². The molecule has 0 aromatic rings. The van der Waals surface area contributed by atoms with Crippen LogP contribution in [0, 0.1) is 0 Å². The first-order valence-corrected chi connectivity index (χ1v) is 4.74. The number of ketones is 1. The smallest absolute Gasteiger partial charge is 0.163 e. The highest BCUT2D eigenvalue weighted by molar-refractivity contribution is 7.93. The summed E-state index contributed by atoms with van der Waals surface area (Å²) in [4.78, 5) is 11.2. The summed E-state index contributed by atoms with van der Waals surface area (Å²) in [7, 11) is 1.69. The zero-order valence-corrected chi connectivity index (χ0v) is 8.28. The molecule has 66 valence electrons. The van der Waals surface area contributed by atoms with E-state index in [9.17, 15) is 4.79 Å². The largest absolute Gasteiger partial charge is 0.330 e. The van der Waals surface area contributed by atoms with Gasteiger partial charge in [-0.3, -0.25) is 4.79 Å². The molecule has 0 heterocycles. The number of likely N-dealkylation sites (N-methyl/N-ethyl adjacent to an activating group) is 1. The highest BCUT2D eigenvalue weighted by Crippen LogP contribution is 2.03. The number of rotatable bonds is 5. The van der Waals surface area contributed by atoms with Crippen LogP contribution in [-0.4, -0.2) is 34.4 Å². The predicted octanol–water partition coefficient (Wildman–Crippen LogP) is 0.668. The van der Waals surface area contributed by atoms with E-state index in [1.54, 1.807) is 14.0 Å². The first-order valence-electron chi connectivity index (χ1n) is 3.29. The molecule has 5 heteroatoms. The monoisotopic (exact) mass is 195 g/mol. The third kappa shape index (κ3) is 4.00. The van der Waals surface area contributed by atoms with Crippen LogP contribution in [0.15, 0.2) is 0 Å². The summed E-state index contributed by atoms with van der Waals surface area (Å²) in [6.45, 7) is 1.72. The molecule has 0 saturated carbocycles. The normalized spacial score (nSPS) is 16.0. The quantitative estimate of drug-likeness (QED) is 0.446. The lowest BCUT2D eigenvalue weighted by Crippen LogP contribution is -2.39. The van der Waals surface area contributed by atoms with Crippen LogP contribution < -0.4 is 5.32 Å². The summed E-state index contributed by atoms with van der Waals surface area (Å²) in [5, 5.41) is 2.53. The summed E-state index contributed by atoms with van der Waals surface area (Å²) in [5.74, 6) is 0.387. The van der Waals surface area contributed by atoms with Crippen LogP contribution in [0.25, 0.3) is 0 Å². The SMILES string of the molecule is CNC(CSO)C(=O)C(C)S. The molecule has 0 rings (SSSR count). The third-order valence-corrected chi connectivity index (χ3v) is 2.08. The molecule has 0 saturated heterocycles. The van der Waals surface area contributed by atoms with Crippen molar-refractivity contribution in [3.8, 4) is 0 Å². The van der Waals surface area contributed by atoms with Crippen LogP contribution in [0.5, 0.6) is 0 Å². The van der Waals surface area contributed by atoms with Crippen molar-refractivity contribution in [3.05, 3.63) is 0 Å². The average Bonchev–Trinajstić information content (AvgIpc) is 1.98. The van der Waals surface area contributed by atoms with Crippen LogP contribution in [0.3, 0.4) is 0 Å². The molecule has 2 N–H and O–H groups in total. The lowest BCUT2D eigenvalue weighted by Gasteiger charge is -2.14. The lowest BCUT2D eigenvalue weighted by atomic mass is 10.2. The van der Waals surface area contributed by atoms with E-state index in [0.717, 1.165) is 0 Å². The van der Waals surface area contributed by atoms with Crippen molar-refractivity contribution in [1.82, 2.24) is 5.32 Å². The molecule has 0 radical (unpaired) electrons. The minimum atomic E-state index is -0.294. The second-order valence-corrected chi connectivity index (χ2v) is 3.58. The summed E-state index contributed by atoms with van der Waals surface area (Å²) in [6, 6.07) is -0.294. The van der Waals surface area contributed by atoms with Gasteiger partial charge in [-0.05, 0) is 26.0 Å². The van der Waals surface area contributed by atoms with Gasteiger partial charge >= 0.3 is 0 Å². The van der Waals surface area contributed by atoms with E-state index in [1.165, 1.54) is 0 Å². The minimum absolute atomic E-state index is 0.0115. The predicted molar refractivity (Wildman–Crippen MR) is 51.4 cm³/mol. The van der Waals surface area contributed by atoms with E-state index in [2.05, 4.69) is 17.9 Å². The molecule has 0 bridgehead atoms. The fourth-order valence-electron chi connectivity index (χ4n) is 0.673. The maximum atomic E-state index is 11.2. The van der Waals surface area contributed by atoms with Crippen molar-refractivity contribution >= 4 is 30.5 Å². The van der Waals surface area contributed by atoms with Crippen LogP contribution in [-0.2, 0) is 4.79 Å². The fourth-order valence-corrected chi connectivity index (χ4v) is 1.33. The summed E-state index contributed by atoms with van der Waals surface area (Å²) < 4.78 is 8.50. The Hall–Kier alpha value is 0.290. The topological polar surface area (TPSA) is 49.3 Å². The molecule has 0 aromatic heterocycles. The van der Waals surface area contributed by atoms with Gasteiger partial charge in [0.25, 0.3) is 0 Å². The van der Waals surface area contributed by atoms with Gasteiger partial charge in [0.15, 0.2) is 5.78 Å². The van der Waals surface area contributed by atoms with E-state index in [1.807, 2.05) is 0 Å². The minimum Gasteiger partial charge on any atom is -0.330 e. The summed E-state index contributed by atoms with van der Waals surface area (Å²) >= 11 is 4.66. The Morgan fingerprint density at radius 2 is 2.36 bits per heavy atom. The first kappa shape index (κ1) is 11.3. The molecule has 0 amide bonds. The van der Waals surface area contributed by atoms with Gasteiger partial charge in [-0.25, -0.2) is 0 Å². The molecular weight excluding hydrogens is 182 g/mol. The Morgan fingerprint density at radius 1 is 1.82 bits per heavy atom. The molecule has 0 aliphatic heterocycles. The molecular formula is C6H13NO2S2. The van der Waals surface area contributed by atoms with Crippen molar-refractivity contribution in [2.24, 2.45) is 0 Å². The molecule has 3 nitrogen and oxygen atoms in total. The van der Waals surface area contributed by atoms with Crippen molar-refractivity contribution < 1.29 is 9.35 Å². The van der Waals surface area contributed by atoms with Gasteiger partial charge in [-0.2, -0.15) is 12.6 Å². The Balaban J connectivity index is 3.92. The van der Waals surface area contributed by atoms with Crippen LogP contribution >= 0.6 is 24.7 Å². The number of carbonyl (C=O) groups excluding carboxylic acids is 1. The van der Waals surface area contributed by atoms with E-state index < -0.39 is 0 Å². The molecule has 11 heavy (non-hydrogen) atoms. The van der Waals surface area contributed by atoms with E-state index in [0.29, 0.717) is 17.8 Å². The summed E-state index contributed by atoms with van der Waals surface area (Å²) in [5.41, 5.74) is 0. The number of hydrogen-bond acceptors (Lipinski definition) is 5. The molecule has 2 atom stereocenters. The maximum absolute atomic E-state index is 11.2. The van der Waals surface area contributed by atoms with Crippen LogP contribution in [0.2, 0.25) is 0 Å². The Kier molecular flexibility index (Phi) is 6.03. The van der Waals surface area contributed by atoms with Crippen molar-refractivity contribution in [2.45, 2.75) is 18.2 Å². The first-order chi connectivity index (χ1) is 5.13. The third-order valence-electron chi connectivity index (χ3n) is 1.34. The molecule has 2 unspecified atom stereocenters. The Morgan fingerprint density at radius 3 is 2.64 bits per heavy atom. The lowest BCUT2D eigenvalue weighted by molar-refractivity contribution is -0.119. The zero-order valence-electron chi connectivity index (χ0n) is 6.57. The van der Waals surface area contributed by atoms with Crippen LogP contribution in [0.1, 0.15) is 6.92 Å². The molecule has 0 aliphatic rings. The van der Waals surface area contributed by atoms with Gasteiger partial charge < -0.3 is 9.87 Å². The molecule has 0 spiro atoms. The van der Waals surface area contributed by atoms with E-state index >= 15 is 0 Å². The number of thiol groups is 1. The van der Waals surface area contributed by atoms with Gasteiger partial charge in [0.2, 0.25) is 0 Å². The van der Waals surface area contributed by atoms with Crippen molar-refractivity contribution in [1.29, 1.82) is 0 Å². The number of hydrogen-bond donors (Lipinski definition) is 3. The Labute approximate surface area is 76.6 Å². The van der Waals surface area contributed by atoms with Gasteiger partial charge in [0.1, 0.15) is 0 Å². The molecule has 0 fully saturated rings. The highest BCUT2D eigenvalue weighted by Gasteiger charge is 2.19. The number of nitrogens with one attached hydrogen (secondary N) is 1. The highest BCUT2D eigenvalue weighted by atomic mass is 32.2. The van der Waals surface area contributed by atoms with Gasteiger partial charge in [-0.15, -0.1) is 0 Å². The molecule has 0 aliphatic carbocycles. The molecule has 0 aromatic carbocycles. The zero-order chi connectivity index (χ0) is 8.85. The number of Topliss-reactive ketones (excluding diaryl/α,β-unsaturated/α-hetero) is 1.